The summed E-state index contributed by atoms with van der Waals surface area (Å²) in [6, 6.07) is 11.3. The fraction of sp³-hybridized carbons (Fsp3) is 0.500. The van der Waals surface area contributed by atoms with Crippen LogP contribution >= 0.6 is 0 Å². The number of rotatable bonds is 10. The molecule has 1 unspecified atom stereocenters. The fourth-order valence-electron chi connectivity index (χ4n) is 2.63. The van der Waals surface area contributed by atoms with E-state index in [0.29, 0.717) is 6.04 Å². The average Bonchev–Trinajstić information content (AvgIpc) is 3.04. The Kier molecular flexibility index (Phi) is 7.02. The largest absolute Gasteiger partial charge is 0.337 e. The Balaban J connectivity index is 1.78. The molecule has 0 aliphatic carbocycles. The van der Waals surface area contributed by atoms with Crippen molar-refractivity contribution >= 4 is 0 Å². The third-order valence-corrected chi connectivity index (χ3v) is 3.84. The lowest BCUT2D eigenvalue weighted by atomic mass is 10.0. The average molecular weight is 285 g/mol. The van der Waals surface area contributed by atoms with Crippen LogP contribution < -0.4 is 5.32 Å². The Hall–Kier alpha value is -1.61. The highest BCUT2D eigenvalue weighted by Gasteiger charge is 2.09. The number of unbranched alkanes of at least 4 members (excludes halogenated alkanes) is 2. The van der Waals surface area contributed by atoms with Crippen LogP contribution in [0.4, 0.5) is 0 Å². The standard InChI is InChI=1S/C18H27N3/c1-2-3-5-11-18(17-9-6-4-7-10-17)20-12-8-14-21-15-13-19-16-21/h4,6-7,9-10,13,15-16,18,20H,2-3,5,8,11-12,14H2,1H3. The quantitative estimate of drug-likeness (QED) is 0.664. The minimum Gasteiger partial charge on any atom is -0.337 e. The first-order chi connectivity index (χ1) is 10.4. The van der Waals surface area contributed by atoms with Gasteiger partial charge in [0.15, 0.2) is 0 Å². The molecule has 2 rings (SSSR count). The van der Waals surface area contributed by atoms with Crippen molar-refractivity contribution in [2.24, 2.45) is 0 Å². The van der Waals surface area contributed by atoms with E-state index in [4.69, 9.17) is 0 Å². The predicted octanol–water partition coefficient (Wildman–Crippen LogP) is 4.18. The summed E-state index contributed by atoms with van der Waals surface area (Å²) in [6.45, 7) is 4.34. The van der Waals surface area contributed by atoms with Gasteiger partial charge in [0.1, 0.15) is 0 Å². The van der Waals surface area contributed by atoms with Gasteiger partial charge in [-0.25, -0.2) is 4.98 Å². The van der Waals surface area contributed by atoms with Gasteiger partial charge in [-0.3, -0.25) is 0 Å². The van der Waals surface area contributed by atoms with Crippen LogP contribution in [0.15, 0.2) is 49.1 Å². The summed E-state index contributed by atoms with van der Waals surface area (Å²) >= 11 is 0. The molecule has 1 aromatic heterocycles. The Morgan fingerprint density at radius 1 is 1.14 bits per heavy atom. The van der Waals surface area contributed by atoms with Crippen molar-refractivity contribution in [3.63, 3.8) is 0 Å². The molecule has 1 heterocycles. The third kappa shape index (κ3) is 5.72. The van der Waals surface area contributed by atoms with Gasteiger partial charge in [0.05, 0.1) is 6.33 Å². The smallest absolute Gasteiger partial charge is 0.0945 e. The first kappa shape index (κ1) is 15.8. The number of nitrogens with zero attached hydrogens (tertiary/aromatic N) is 2. The highest BCUT2D eigenvalue weighted by molar-refractivity contribution is 5.18. The third-order valence-electron chi connectivity index (χ3n) is 3.84. The van der Waals surface area contributed by atoms with Crippen LogP contribution in [0.5, 0.6) is 0 Å². The van der Waals surface area contributed by atoms with E-state index in [2.05, 4.69) is 52.1 Å². The second-order valence-electron chi connectivity index (χ2n) is 5.57. The number of aryl methyl sites for hydroxylation is 1. The molecule has 0 amide bonds. The molecule has 0 saturated carbocycles. The van der Waals surface area contributed by atoms with E-state index in [1.807, 2.05) is 18.7 Å². The predicted molar refractivity (Wildman–Crippen MR) is 88.2 cm³/mol. The van der Waals surface area contributed by atoms with Crippen molar-refractivity contribution in [2.45, 2.75) is 51.6 Å². The molecule has 0 saturated heterocycles. The molecule has 114 valence electrons. The molecule has 0 spiro atoms. The van der Waals surface area contributed by atoms with Crippen LogP contribution in [0.25, 0.3) is 0 Å². The SMILES string of the molecule is CCCCCC(NCCCn1ccnc1)c1ccccc1. The van der Waals surface area contributed by atoms with Gasteiger partial charge in [-0.1, -0.05) is 56.5 Å². The zero-order chi connectivity index (χ0) is 14.8. The van der Waals surface area contributed by atoms with E-state index in [1.165, 1.54) is 31.2 Å². The van der Waals surface area contributed by atoms with Gasteiger partial charge in [0, 0.05) is 25.0 Å². The van der Waals surface area contributed by atoms with Gasteiger partial charge in [-0.05, 0) is 24.9 Å². The Morgan fingerprint density at radius 2 is 2.00 bits per heavy atom. The minimum absolute atomic E-state index is 0.487. The van der Waals surface area contributed by atoms with E-state index in [0.717, 1.165) is 19.5 Å². The normalized spacial score (nSPS) is 12.4. The molecule has 21 heavy (non-hydrogen) atoms. The number of benzene rings is 1. The number of imidazole rings is 1. The number of hydrogen-bond donors (Lipinski definition) is 1. The summed E-state index contributed by atoms with van der Waals surface area (Å²) in [5, 5.41) is 3.72. The lowest BCUT2D eigenvalue weighted by Crippen LogP contribution is -2.23. The summed E-state index contributed by atoms with van der Waals surface area (Å²) in [5.41, 5.74) is 1.41. The van der Waals surface area contributed by atoms with Gasteiger partial charge in [-0.15, -0.1) is 0 Å². The van der Waals surface area contributed by atoms with Crippen molar-refractivity contribution in [3.8, 4) is 0 Å². The molecule has 0 aliphatic rings. The van der Waals surface area contributed by atoms with E-state index >= 15 is 0 Å². The summed E-state index contributed by atoms with van der Waals surface area (Å²) in [4.78, 5) is 4.08. The number of nitrogens with one attached hydrogen (secondary N) is 1. The Labute approximate surface area is 128 Å². The molecule has 0 radical (unpaired) electrons. The van der Waals surface area contributed by atoms with Crippen molar-refractivity contribution in [2.75, 3.05) is 6.54 Å². The van der Waals surface area contributed by atoms with E-state index in [1.54, 1.807) is 0 Å². The molecule has 0 aliphatic heterocycles. The molecule has 3 nitrogen and oxygen atoms in total. The molecule has 1 N–H and O–H groups in total. The molecule has 1 atom stereocenters. The van der Waals surface area contributed by atoms with Crippen LogP contribution in [0.2, 0.25) is 0 Å². The zero-order valence-electron chi connectivity index (χ0n) is 13.0. The number of aromatic nitrogens is 2. The molecule has 1 aromatic carbocycles. The summed E-state index contributed by atoms with van der Waals surface area (Å²) in [7, 11) is 0. The van der Waals surface area contributed by atoms with Crippen molar-refractivity contribution in [1.82, 2.24) is 14.9 Å². The maximum Gasteiger partial charge on any atom is 0.0945 e. The maximum absolute atomic E-state index is 4.08. The summed E-state index contributed by atoms with van der Waals surface area (Å²) in [5.74, 6) is 0. The molecule has 0 bridgehead atoms. The van der Waals surface area contributed by atoms with E-state index in [-0.39, 0.29) is 0 Å². The van der Waals surface area contributed by atoms with Crippen LogP contribution in [-0.2, 0) is 6.54 Å². The van der Waals surface area contributed by atoms with Crippen LogP contribution in [-0.4, -0.2) is 16.1 Å². The highest BCUT2D eigenvalue weighted by atomic mass is 15.0. The van der Waals surface area contributed by atoms with Crippen LogP contribution in [0, 0.1) is 0 Å². The highest BCUT2D eigenvalue weighted by Crippen LogP contribution is 2.19. The Morgan fingerprint density at radius 3 is 2.71 bits per heavy atom. The van der Waals surface area contributed by atoms with Crippen LogP contribution in [0.1, 0.15) is 50.6 Å². The van der Waals surface area contributed by atoms with Gasteiger partial charge in [0.2, 0.25) is 0 Å². The monoisotopic (exact) mass is 285 g/mol. The molecule has 2 aromatic rings. The van der Waals surface area contributed by atoms with Gasteiger partial charge in [0.25, 0.3) is 0 Å². The zero-order valence-corrected chi connectivity index (χ0v) is 13.0. The minimum atomic E-state index is 0.487. The molecular weight excluding hydrogens is 258 g/mol. The van der Waals surface area contributed by atoms with Gasteiger partial charge < -0.3 is 9.88 Å². The lowest BCUT2D eigenvalue weighted by molar-refractivity contribution is 0.458. The summed E-state index contributed by atoms with van der Waals surface area (Å²) in [6.07, 6.45) is 12.0. The summed E-state index contributed by atoms with van der Waals surface area (Å²) < 4.78 is 2.14. The second kappa shape index (κ2) is 9.35. The van der Waals surface area contributed by atoms with E-state index in [9.17, 15) is 0 Å². The van der Waals surface area contributed by atoms with Gasteiger partial charge in [-0.2, -0.15) is 0 Å². The first-order valence-corrected chi connectivity index (χ1v) is 8.14. The van der Waals surface area contributed by atoms with Gasteiger partial charge >= 0.3 is 0 Å². The lowest BCUT2D eigenvalue weighted by Gasteiger charge is -2.19. The van der Waals surface area contributed by atoms with Crippen molar-refractivity contribution in [1.29, 1.82) is 0 Å². The molecule has 3 heteroatoms. The maximum atomic E-state index is 4.08. The first-order valence-electron chi connectivity index (χ1n) is 8.14. The Bertz CT molecular complexity index is 464. The van der Waals surface area contributed by atoms with Crippen molar-refractivity contribution < 1.29 is 0 Å². The number of hydrogen-bond acceptors (Lipinski definition) is 2. The van der Waals surface area contributed by atoms with Crippen LogP contribution in [0.3, 0.4) is 0 Å². The topological polar surface area (TPSA) is 29.9 Å². The van der Waals surface area contributed by atoms with E-state index < -0.39 is 0 Å². The fourth-order valence-corrected chi connectivity index (χ4v) is 2.63. The molecule has 0 fully saturated rings. The van der Waals surface area contributed by atoms with Crippen molar-refractivity contribution in [3.05, 3.63) is 54.6 Å². The second-order valence-corrected chi connectivity index (χ2v) is 5.57. The molecular formula is C18H27N3.